The van der Waals surface area contributed by atoms with Gasteiger partial charge < -0.3 is 74.4 Å². The molecule has 3 saturated heterocycles. The molecule has 3 aliphatic heterocycles. The number of carboxylic acids is 1. The Labute approximate surface area is 371 Å². The number of aliphatic carboxylic acids is 1. The molecular formula is C47H76O16. The van der Waals surface area contributed by atoms with Crippen molar-refractivity contribution in [3.8, 4) is 0 Å². The van der Waals surface area contributed by atoms with Gasteiger partial charge in [-0.25, -0.2) is 0 Å². The van der Waals surface area contributed by atoms with Crippen LogP contribution in [0.15, 0.2) is 11.6 Å². The van der Waals surface area contributed by atoms with Gasteiger partial charge in [-0.3, -0.25) is 4.79 Å². The van der Waals surface area contributed by atoms with Gasteiger partial charge in [0.1, 0.15) is 61.0 Å². The summed E-state index contributed by atoms with van der Waals surface area (Å²) < 4.78 is 36.3. The van der Waals surface area contributed by atoms with E-state index in [1.165, 1.54) is 12.5 Å². The summed E-state index contributed by atoms with van der Waals surface area (Å²) in [6.45, 7) is 17.0. The van der Waals surface area contributed by atoms with Crippen LogP contribution in [-0.4, -0.2) is 157 Å². The molecule has 8 aliphatic rings. The average molecular weight is 897 g/mol. The molecule has 16 nitrogen and oxygen atoms in total. The molecule has 8 rings (SSSR count). The second kappa shape index (κ2) is 16.7. The van der Waals surface area contributed by atoms with Crippen LogP contribution < -0.4 is 0 Å². The third-order valence-electron chi connectivity index (χ3n) is 18.9. The van der Waals surface area contributed by atoms with Crippen LogP contribution in [0.1, 0.15) is 120 Å². The molecule has 63 heavy (non-hydrogen) atoms. The second-order valence-electron chi connectivity index (χ2n) is 23.0. The smallest absolute Gasteiger partial charge is 0.310 e. The lowest BCUT2D eigenvalue weighted by Crippen LogP contribution is -2.66. The summed E-state index contributed by atoms with van der Waals surface area (Å²) in [6, 6.07) is 0. The monoisotopic (exact) mass is 897 g/mol. The van der Waals surface area contributed by atoms with Crippen molar-refractivity contribution in [3.05, 3.63) is 11.6 Å². The van der Waals surface area contributed by atoms with Crippen LogP contribution in [-0.2, 0) is 33.2 Å². The topological polar surface area (TPSA) is 255 Å². The standard InChI is InChI=1S/C47H76O16/c1-22-30(50)36(62-38-34(54)33(53)32(52)26(20-48)60-38)35(55)39(59-22)63-37-31(51)25(49)21-58-40(37)61-29-12-13-44(6)27(43(29,4)5)11-14-46(8)28(44)10-9-23-24-19-42(2,3)15-17-47(24,41(56)57)18-16-45(23,46)7/h9,22,24-40,48-55H,10-21H2,1-8H3,(H,56,57)/t22-,24+,25-,26+,27-,28+,29-,30-,31-,32+,33-,34+,35+,36+,37+,38-,39-,40-,44-,45+,46+,47-/m0/s1. The van der Waals surface area contributed by atoms with Crippen molar-refractivity contribution >= 4 is 5.97 Å². The lowest BCUT2D eigenvalue weighted by atomic mass is 9.33. The molecule has 7 fully saturated rings. The van der Waals surface area contributed by atoms with Crippen molar-refractivity contribution in [1.82, 2.24) is 0 Å². The molecule has 22 atom stereocenters. The lowest BCUT2D eigenvalue weighted by molar-refractivity contribution is -0.382. The Hall–Kier alpha value is -1.35. The Balaban J connectivity index is 0.999. The van der Waals surface area contributed by atoms with E-state index in [9.17, 15) is 50.8 Å². The van der Waals surface area contributed by atoms with Crippen molar-refractivity contribution < 1.29 is 79.2 Å². The normalized spacial score (nSPS) is 54.1. The van der Waals surface area contributed by atoms with Gasteiger partial charge in [0, 0.05) is 0 Å². The number of aliphatic hydroxyl groups is 8. The molecule has 360 valence electrons. The van der Waals surface area contributed by atoms with Crippen LogP contribution in [0.4, 0.5) is 0 Å². The highest BCUT2D eigenvalue weighted by atomic mass is 16.8. The third-order valence-corrected chi connectivity index (χ3v) is 18.9. The van der Waals surface area contributed by atoms with Gasteiger partial charge in [-0.15, -0.1) is 0 Å². The fourth-order valence-corrected chi connectivity index (χ4v) is 14.8. The molecule has 0 amide bonds. The predicted octanol–water partition coefficient (Wildman–Crippen LogP) is 2.37. The summed E-state index contributed by atoms with van der Waals surface area (Å²) in [5.74, 6) is 0.0213. The highest BCUT2D eigenvalue weighted by Crippen LogP contribution is 2.76. The molecule has 0 aromatic carbocycles. The van der Waals surface area contributed by atoms with Crippen molar-refractivity contribution in [2.75, 3.05) is 13.2 Å². The van der Waals surface area contributed by atoms with Crippen molar-refractivity contribution in [1.29, 1.82) is 0 Å². The van der Waals surface area contributed by atoms with Crippen LogP contribution in [0, 0.1) is 50.2 Å². The molecule has 0 radical (unpaired) electrons. The van der Waals surface area contributed by atoms with Gasteiger partial charge >= 0.3 is 5.97 Å². The SMILES string of the molecule is C[C@@H]1O[C@@H](O[C@H]2[C@H](O[C@H]3CC[C@]4(C)[C@H]5CC=C6[C@H]7CC(C)(C)CC[C@]7(C(=O)O)CC[C@@]6(C)[C@]5(C)CC[C@H]4C3(C)C)OC[C@H](O)[C@@H]2O)[C@H](O)[C@H](O[C@@H]2O[C@H](CO)[C@@H](O)[C@H](O)[C@H]2O)[C@H]1O. The molecule has 0 aromatic rings. The summed E-state index contributed by atoms with van der Waals surface area (Å²) in [5.41, 5.74) is 0.208. The van der Waals surface area contributed by atoms with Crippen LogP contribution in [0.3, 0.4) is 0 Å². The van der Waals surface area contributed by atoms with Crippen LogP contribution in [0.25, 0.3) is 0 Å². The first-order chi connectivity index (χ1) is 29.4. The van der Waals surface area contributed by atoms with Gasteiger partial charge in [0.25, 0.3) is 0 Å². The van der Waals surface area contributed by atoms with Gasteiger partial charge in [0.05, 0.1) is 30.8 Å². The quantitative estimate of drug-likeness (QED) is 0.125. The molecule has 0 bridgehead atoms. The van der Waals surface area contributed by atoms with E-state index in [1.54, 1.807) is 0 Å². The van der Waals surface area contributed by atoms with Gasteiger partial charge in [-0.05, 0) is 116 Å². The second-order valence-corrected chi connectivity index (χ2v) is 23.0. The number of allylic oxidation sites excluding steroid dienone is 2. The number of carboxylic acid groups (broad SMARTS) is 1. The van der Waals surface area contributed by atoms with Gasteiger partial charge in [0.2, 0.25) is 0 Å². The van der Waals surface area contributed by atoms with Crippen molar-refractivity contribution in [2.24, 2.45) is 50.2 Å². The zero-order valence-electron chi connectivity index (χ0n) is 38.3. The van der Waals surface area contributed by atoms with E-state index < -0.39 is 104 Å². The van der Waals surface area contributed by atoms with E-state index in [2.05, 4.69) is 54.5 Å². The average Bonchev–Trinajstić information content (AvgIpc) is 3.21. The summed E-state index contributed by atoms with van der Waals surface area (Å²) in [4.78, 5) is 13.1. The number of hydrogen-bond donors (Lipinski definition) is 9. The number of carbonyl (C=O) groups is 1. The number of hydrogen-bond acceptors (Lipinski definition) is 15. The summed E-state index contributed by atoms with van der Waals surface area (Å²) in [7, 11) is 0. The van der Waals surface area contributed by atoms with Crippen molar-refractivity contribution in [2.45, 2.75) is 212 Å². The number of aliphatic hydroxyl groups excluding tert-OH is 8. The summed E-state index contributed by atoms with van der Waals surface area (Å²) >= 11 is 0. The Morgan fingerprint density at radius 1 is 0.714 bits per heavy atom. The van der Waals surface area contributed by atoms with E-state index in [0.717, 1.165) is 51.4 Å². The number of rotatable bonds is 8. The third kappa shape index (κ3) is 7.51. The van der Waals surface area contributed by atoms with E-state index in [0.29, 0.717) is 18.8 Å². The van der Waals surface area contributed by atoms with Crippen LogP contribution in [0.5, 0.6) is 0 Å². The maximum atomic E-state index is 13.1. The number of ether oxygens (including phenoxy) is 6. The van der Waals surface area contributed by atoms with Gasteiger partial charge in [-0.2, -0.15) is 0 Å². The minimum atomic E-state index is -1.80. The Morgan fingerprint density at radius 3 is 2.06 bits per heavy atom. The molecule has 0 aromatic heterocycles. The van der Waals surface area contributed by atoms with Crippen molar-refractivity contribution in [3.63, 3.8) is 0 Å². The van der Waals surface area contributed by atoms with Gasteiger partial charge in [0.15, 0.2) is 18.9 Å². The molecule has 4 saturated carbocycles. The fourth-order valence-electron chi connectivity index (χ4n) is 14.8. The zero-order valence-corrected chi connectivity index (χ0v) is 38.3. The molecular weight excluding hydrogens is 821 g/mol. The first-order valence-corrected chi connectivity index (χ1v) is 23.6. The first kappa shape index (κ1) is 48.1. The van der Waals surface area contributed by atoms with Crippen LogP contribution >= 0.6 is 0 Å². The maximum absolute atomic E-state index is 13.1. The summed E-state index contributed by atoms with van der Waals surface area (Å²) in [5, 5.41) is 96.4. The molecule has 0 unspecified atom stereocenters. The van der Waals surface area contributed by atoms with E-state index in [-0.39, 0.29) is 51.6 Å². The minimum Gasteiger partial charge on any atom is -0.481 e. The Kier molecular flexibility index (Phi) is 12.8. The zero-order chi connectivity index (χ0) is 46.0. The first-order valence-electron chi connectivity index (χ1n) is 23.6. The maximum Gasteiger partial charge on any atom is 0.310 e. The fraction of sp³-hybridized carbons (Fsp3) is 0.936. The Morgan fingerprint density at radius 2 is 1.38 bits per heavy atom. The molecule has 3 heterocycles. The highest BCUT2D eigenvalue weighted by molar-refractivity contribution is 5.76. The predicted molar refractivity (Wildman–Crippen MR) is 223 cm³/mol. The number of fused-ring (bicyclic) bond motifs is 7. The Bertz CT molecular complexity index is 1720. The molecule has 0 spiro atoms. The van der Waals surface area contributed by atoms with E-state index >= 15 is 0 Å². The van der Waals surface area contributed by atoms with Crippen LogP contribution in [0.2, 0.25) is 0 Å². The van der Waals surface area contributed by atoms with E-state index in [4.69, 9.17) is 28.4 Å². The largest absolute Gasteiger partial charge is 0.481 e. The lowest BCUT2D eigenvalue weighted by Gasteiger charge is -2.71. The molecule has 9 N–H and O–H groups in total. The minimum absolute atomic E-state index is 0.0278. The van der Waals surface area contributed by atoms with E-state index in [1.807, 2.05) is 0 Å². The molecule has 16 heteroatoms. The summed E-state index contributed by atoms with van der Waals surface area (Å²) in [6.07, 6.45) is -10.3. The van der Waals surface area contributed by atoms with Gasteiger partial charge in [-0.1, -0.05) is 60.1 Å². The highest BCUT2D eigenvalue weighted by Gasteiger charge is 2.70. The molecule has 5 aliphatic carbocycles.